The minimum Gasteiger partial charge on any atom is -0.504 e. The van der Waals surface area contributed by atoms with Crippen LogP contribution in [-0.2, 0) is 10.8 Å². The van der Waals surface area contributed by atoms with Crippen LogP contribution in [0.2, 0.25) is 0 Å². The standard InChI is InChI=1S/C17H21NO3/c1-21-12-5-4-10-13(14(12)20)16-6-9(19)2-3-11(16)15-17(10,7-16)8-18-15/h4-5,9,11,15,18-20H,2-3,6-8H2,1H3. The van der Waals surface area contributed by atoms with Crippen molar-refractivity contribution >= 4 is 0 Å². The Labute approximate surface area is 124 Å². The van der Waals surface area contributed by atoms with Crippen LogP contribution in [0.3, 0.4) is 0 Å². The van der Waals surface area contributed by atoms with Crippen molar-refractivity contribution in [1.29, 1.82) is 0 Å². The van der Waals surface area contributed by atoms with Crippen molar-refractivity contribution in [2.24, 2.45) is 5.92 Å². The number of ether oxygens (including phenoxy) is 1. The minimum atomic E-state index is -0.243. The molecule has 5 unspecified atom stereocenters. The fourth-order valence-electron chi connectivity index (χ4n) is 6.13. The van der Waals surface area contributed by atoms with Gasteiger partial charge in [-0.15, -0.1) is 0 Å². The monoisotopic (exact) mass is 287 g/mol. The summed E-state index contributed by atoms with van der Waals surface area (Å²) in [5.41, 5.74) is 2.52. The topological polar surface area (TPSA) is 61.7 Å². The molecule has 0 amide bonds. The van der Waals surface area contributed by atoms with Gasteiger partial charge in [-0.3, -0.25) is 0 Å². The highest BCUT2D eigenvalue weighted by Gasteiger charge is 2.73. The van der Waals surface area contributed by atoms with Crippen LogP contribution in [0, 0.1) is 5.92 Å². The number of fused-ring (bicyclic) bond motifs is 2. The molecule has 5 rings (SSSR count). The highest BCUT2D eigenvalue weighted by atomic mass is 16.5. The van der Waals surface area contributed by atoms with Gasteiger partial charge in [-0.25, -0.2) is 0 Å². The van der Waals surface area contributed by atoms with Gasteiger partial charge in [0.2, 0.25) is 0 Å². The zero-order chi connectivity index (χ0) is 14.4. The van der Waals surface area contributed by atoms with Crippen LogP contribution in [-0.4, -0.2) is 36.0 Å². The maximum absolute atomic E-state index is 10.7. The van der Waals surface area contributed by atoms with Gasteiger partial charge in [-0.05, 0) is 43.2 Å². The van der Waals surface area contributed by atoms with Crippen molar-refractivity contribution in [2.45, 2.75) is 48.7 Å². The molecular formula is C17H21NO3. The Morgan fingerprint density at radius 1 is 1.29 bits per heavy atom. The molecule has 3 N–H and O–H groups in total. The molecule has 2 bridgehead atoms. The lowest BCUT2D eigenvalue weighted by Crippen LogP contribution is -2.66. The number of aliphatic hydroxyl groups is 1. The molecule has 1 aliphatic heterocycles. The van der Waals surface area contributed by atoms with Crippen molar-refractivity contribution in [3.63, 3.8) is 0 Å². The molecule has 0 aromatic heterocycles. The van der Waals surface area contributed by atoms with Crippen LogP contribution in [0.25, 0.3) is 0 Å². The number of phenols is 1. The molecule has 21 heavy (non-hydrogen) atoms. The molecule has 1 saturated heterocycles. The summed E-state index contributed by atoms with van der Waals surface area (Å²) in [6.07, 6.45) is 3.56. The summed E-state index contributed by atoms with van der Waals surface area (Å²) in [6.45, 7) is 1.00. The van der Waals surface area contributed by atoms with Crippen LogP contribution in [0.1, 0.15) is 36.8 Å². The first-order chi connectivity index (χ1) is 10.1. The van der Waals surface area contributed by atoms with Gasteiger partial charge < -0.3 is 20.3 Å². The molecular weight excluding hydrogens is 266 g/mol. The van der Waals surface area contributed by atoms with Crippen molar-refractivity contribution in [1.82, 2.24) is 5.32 Å². The number of methoxy groups -OCH3 is 1. The maximum atomic E-state index is 10.7. The quantitative estimate of drug-likeness (QED) is 0.731. The van der Waals surface area contributed by atoms with E-state index in [1.807, 2.05) is 6.07 Å². The zero-order valence-electron chi connectivity index (χ0n) is 12.2. The molecule has 2 saturated carbocycles. The van der Waals surface area contributed by atoms with Crippen LogP contribution in [0.15, 0.2) is 12.1 Å². The van der Waals surface area contributed by atoms with Crippen molar-refractivity contribution in [3.8, 4) is 11.5 Å². The first-order valence-electron chi connectivity index (χ1n) is 7.95. The summed E-state index contributed by atoms with van der Waals surface area (Å²) in [7, 11) is 1.60. The summed E-state index contributed by atoms with van der Waals surface area (Å²) in [4.78, 5) is 0. The second-order valence-electron chi connectivity index (χ2n) is 7.43. The lowest BCUT2D eigenvalue weighted by atomic mass is 9.58. The highest BCUT2D eigenvalue weighted by Crippen LogP contribution is 2.71. The molecule has 1 aromatic carbocycles. The van der Waals surface area contributed by atoms with Gasteiger partial charge in [-0.1, -0.05) is 6.07 Å². The molecule has 1 heterocycles. The molecule has 3 fully saturated rings. The van der Waals surface area contributed by atoms with Crippen molar-refractivity contribution in [3.05, 3.63) is 23.3 Å². The molecule has 0 radical (unpaired) electrons. The fraction of sp³-hybridized carbons (Fsp3) is 0.647. The SMILES string of the molecule is COc1ccc2c(c1O)C13CC(O)CCC1C1NCC21C3. The number of rotatable bonds is 1. The molecule has 2 spiro atoms. The summed E-state index contributed by atoms with van der Waals surface area (Å²) < 4.78 is 5.33. The van der Waals surface area contributed by atoms with Gasteiger partial charge in [0.25, 0.3) is 0 Å². The number of benzene rings is 1. The van der Waals surface area contributed by atoms with E-state index in [2.05, 4.69) is 11.4 Å². The number of phenolic OH excluding ortho intramolecular Hbond substituents is 1. The van der Waals surface area contributed by atoms with Gasteiger partial charge >= 0.3 is 0 Å². The Morgan fingerprint density at radius 2 is 2.14 bits per heavy atom. The van der Waals surface area contributed by atoms with E-state index >= 15 is 0 Å². The van der Waals surface area contributed by atoms with Crippen LogP contribution in [0.4, 0.5) is 0 Å². The van der Waals surface area contributed by atoms with E-state index < -0.39 is 0 Å². The van der Waals surface area contributed by atoms with Crippen molar-refractivity contribution in [2.75, 3.05) is 13.7 Å². The number of aliphatic hydroxyl groups excluding tert-OH is 1. The molecule has 5 atom stereocenters. The van der Waals surface area contributed by atoms with E-state index in [9.17, 15) is 10.2 Å². The molecule has 4 heteroatoms. The molecule has 4 aliphatic rings. The number of hydrogen-bond donors (Lipinski definition) is 3. The summed E-state index contributed by atoms with van der Waals surface area (Å²) in [6, 6.07) is 4.57. The van der Waals surface area contributed by atoms with E-state index in [1.165, 1.54) is 5.56 Å². The summed E-state index contributed by atoms with van der Waals surface area (Å²) in [5, 5.41) is 24.7. The van der Waals surface area contributed by atoms with Gasteiger partial charge in [-0.2, -0.15) is 0 Å². The molecule has 3 aliphatic carbocycles. The van der Waals surface area contributed by atoms with E-state index in [1.54, 1.807) is 7.11 Å². The number of hydrogen-bond acceptors (Lipinski definition) is 4. The Hall–Kier alpha value is -1.26. The first-order valence-corrected chi connectivity index (χ1v) is 7.95. The van der Waals surface area contributed by atoms with Gasteiger partial charge in [0.05, 0.1) is 13.2 Å². The zero-order valence-corrected chi connectivity index (χ0v) is 12.2. The van der Waals surface area contributed by atoms with Crippen LogP contribution in [0.5, 0.6) is 11.5 Å². The largest absolute Gasteiger partial charge is 0.504 e. The summed E-state index contributed by atoms with van der Waals surface area (Å²) in [5.74, 6) is 1.42. The second kappa shape index (κ2) is 3.55. The minimum absolute atomic E-state index is 0.0558. The Bertz CT molecular complexity index is 645. The highest BCUT2D eigenvalue weighted by molar-refractivity contribution is 5.64. The van der Waals surface area contributed by atoms with Gasteiger partial charge in [0, 0.05) is 29.0 Å². The van der Waals surface area contributed by atoms with E-state index in [0.29, 0.717) is 23.5 Å². The predicted octanol–water partition coefficient (Wildman–Crippen LogP) is 1.43. The third kappa shape index (κ3) is 1.14. The Balaban J connectivity index is 1.79. The number of nitrogens with one attached hydrogen (secondary N) is 1. The third-order valence-corrected chi connectivity index (χ3v) is 6.78. The van der Waals surface area contributed by atoms with E-state index in [4.69, 9.17) is 4.74 Å². The third-order valence-electron chi connectivity index (χ3n) is 6.78. The average molecular weight is 287 g/mol. The summed E-state index contributed by atoms with van der Waals surface area (Å²) >= 11 is 0. The Morgan fingerprint density at radius 3 is 2.86 bits per heavy atom. The van der Waals surface area contributed by atoms with E-state index in [0.717, 1.165) is 37.8 Å². The maximum Gasteiger partial charge on any atom is 0.161 e. The lowest BCUT2D eigenvalue weighted by molar-refractivity contribution is 0.0452. The van der Waals surface area contributed by atoms with Crippen LogP contribution < -0.4 is 10.1 Å². The molecule has 1 aromatic rings. The predicted molar refractivity (Wildman–Crippen MR) is 77.8 cm³/mol. The molecule has 112 valence electrons. The Kier molecular flexibility index (Phi) is 2.08. The van der Waals surface area contributed by atoms with Gasteiger partial charge in [0.1, 0.15) is 0 Å². The van der Waals surface area contributed by atoms with Gasteiger partial charge in [0.15, 0.2) is 11.5 Å². The van der Waals surface area contributed by atoms with E-state index in [-0.39, 0.29) is 16.9 Å². The average Bonchev–Trinajstić information content (AvgIpc) is 2.84. The first kappa shape index (κ1) is 12.3. The fourth-order valence-corrected chi connectivity index (χ4v) is 6.13. The van der Waals surface area contributed by atoms with Crippen LogP contribution >= 0.6 is 0 Å². The second-order valence-corrected chi connectivity index (χ2v) is 7.43. The lowest BCUT2D eigenvalue weighted by Gasteiger charge is -2.53. The number of aromatic hydroxyl groups is 1. The smallest absolute Gasteiger partial charge is 0.161 e. The van der Waals surface area contributed by atoms with Crippen molar-refractivity contribution < 1.29 is 14.9 Å². The normalized spacial score (nSPS) is 45.5. The molecule has 4 nitrogen and oxygen atoms in total.